The minimum absolute atomic E-state index is 0.818. The summed E-state index contributed by atoms with van der Waals surface area (Å²) >= 11 is 1.78. The van der Waals surface area contributed by atoms with E-state index in [2.05, 4.69) is 29.4 Å². The summed E-state index contributed by atoms with van der Waals surface area (Å²) < 4.78 is 0. The Morgan fingerprint density at radius 3 is 2.83 bits per heavy atom. The van der Waals surface area contributed by atoms with E-state index in [0.29, 0.717) is 0 Å². The first-order valence-electron chi connectivity index (χ1n) is 6.18. The first kappa shape index (κ1) is 13.1. The molecule has 1 aromatic carbocycles. The lowest BCUT2D eigenvalue weighted by Gasteiger charge is -2.06. The van der Waals surface area contributed by atoms with Crippen LogP contribution in [-0.2, 0) is 19.5 Å². The minimum Gasteiger partial charge on any atom is -0.399 e. The van der Waals surface area contributed by atoms with Crippen LogP contribution >= 0.6 is 11.3 Å². The van der Waals surface area contributed by atoms with Crippen LogP contribution in [0.1, 0.15) is 27.9 Å². The zero-order chi connectivity index (χ0) is 13.0. The highest BCUT2D eigenvalue weighted by Crippen LogP contribution is 2.14. The molecular weight excluding hydrogens is 242 g/mol. The molecule has 4 heteroatoms. The highest BCUT2D eigenvalue weighted by atomic mass is 32.1. The number of nitrogens with zero attached hydrogens (tertiary/aromatic N) is 1. The number of nitrogens with two attached hydrogens (primary N) is 1. The lowest BCUT2D eigenvalue weighted by atomic mass is 10.1. The first-order valence-corrected chi connectivity index (χ1v) is 7.00. The molecule has 0 aliphatic rings. The maximum absolute atomic E-state index is 5.89. The van der Waals surface area contributed by atoms with Gasteiger partial charge in [-0.05, 0) is 30.5 Å². The van der Waals surface area contributed by atoms with Crippen molar-refractivity contribution < 1.29 is 0 Å². The summed E-state index contributed by atoms with van der Waals surface area (Å²) in [5.74, 6) is 0. The highest BCUT2D eigenvalue weighted by Gasteiger charge is 2.01. The van der Waals surface area contributed by atoms with Gasteiger partial charge in [-0.25, -0.2) is 4.98 Å². The Morgan fingerprint density at radius 2 is 2.17 bits per heavy atom. The number of hydrogen-bond acceptors (Lipinski definition) is 4. The Labute approximate surface area is 112 Å². The summed E-state index contributed by atoms with van der Waals surface area (Å²) in [6, 6.07) is 6.20. The van der Waals surface area contributed by atoms with Crippen LogP contribution in [0.15, 0.2) is 24.4 Å². The molecule has 2 aromatic rings. The number of anilines is 1. The molecule has 96 valence electrons. The molecule has 0 unspecified atom stereocenters. The van der Waals surface area contributed by atoms with E-state index >= 15 is 0 Å². The molecule has 0 radical (unpaired) electrons. The molecule has 3 N–H and O–H groups in total. The van der Waals surface area contributed by atoms with Crippen LogP contribution in [-0.4, -0.2) is 4.98 Å². The minimum atomic E-state index is 0.818. The molecule has 3 nitrogen and oxygen atoms in total. The molecule has 0 atom stereocenters. The summed E-state index contributed by atoms with van der Waals surface area (Å²) in [5.41, 5.74) is 9.09. The normalized spacial score (nSPS) is 10.8. The summed E-state index contributed by atoms with van der Waals surface area (Å²) in [4.78, 5) is 5.72. The zero-order valence-electron chi connectivity index (χ0n) is 10.9. The predicted octanol–water partition coefficient (Wildman–Crippen LogP) is 2.89. The topological polar surface area (TPSA) is 50.9 Å². The van der Waals surface area contributed by atoms with E-state index in [9.17, 15) is 0 Å². The Morgan fingerprint density at radius 1 is 1.33 bits per heavy atom. The average molecular weight is 261 g/mol. The SMILES string of the molecule is CCc1cnc(CNCc2ccc(C)c(N)c2)s1. The molecule has 1 heterocycles. The number of benzene rings is 1. The van der Waals surface area contributed by atoms with Crippen molar-refractivity contribution in [2.24, 2.45) is 0 Å². The van der Waals surface area contributed by atoms with Gasteiger partial charge in [-0.15, -0.1) is 11.3 Å². The summed E-state index contributed by atoms with van der Waals surface area (Å²) in [6.45, 7) is 5.82. The first-order chi connectivity index (χ1) is 8.69. The third-order valence-corrected chi connectivity index (χ3v) is 4.04. The Hall–Kier alpha value is -1.39. The monoisotopic (exact) mass is 261 g/mol. The van der Waals surface area contributed by atoms with Crippen molar-refractivity contribution in [3.05, 3.63) is 45.4 Å². The maximum Gasteiger partial charge on any atom is 0.107 e. The van der Waals surface area contributed by atoms with Crippen LogP contribution in [0.25, 0.3) is 0 Å². The second kappa shape index (κ2) is 5.98. The molecule has 18 heavy (non-hydrogen) atoms. The zero-order valence-corrected chi connectivity index (χ0v) is 11.7. The third-order valence-electron chi connectivity index (χ3n) is 2.90. The van der Waals surface area contributed by atoms with Gasteiger partial charge in [-0.1, -0.05) is 19.1 Å². The summed E-state index contributed by atoms with van der Waals surface area (Å²) in [5, 5.41) is 4.54. The number of aromatic nitrogens is 1. The summed E-state index contributed by atoms with van der Waals surface area (Å²) in [7, 11) is 0. The van der Waals surface area contributed by atoms with Gasteiger partial charge in [0, 0.05) is 29.9 Å². The molecule has 0 saturated carbocycles. The smallest absolute Gasteiger partial charge is 0.107 e. The van der Waals surface area contributed by atoms with Gasteiger partial charge in [-0.3, -0.25) is 0 Å². The number of hydrogen-bond donors (Lipinski definition) is 2. The van der Waals surface area contributed by atoms with E-state index < -0.39 is 0 Å². The number of nitrogens with one attached hydrogen (secondary N) is 1. The molecule has 0 aliphatic carbocycles. The van der Waals surface area contributed by atoms with Crippen molar-refractivity contribution in [1.82, 2.24) is 10.3 Å². The van der Waals surface area contributed by atoms with Crippen LogP contribution in [0.2, 0.25) is 0 Å². The predicted molar refractivity (Wildman–Crippen MR) is 77.6 cm³/mol. The van der Waals surface area contributed by atoms with E-state index in [-0.39, 0.29) is 0 Å². The quantitative estimate of drug-likeness (QED) is 0.814. The summed E-state index contributed by atoms with van der Waals surface area (Å²) in [6.07, 6.45) is 3.03. The van der Waals surface area contributed by atoms with Crippen molar-refractivity contribution >= 4 is 17.0 Å². The largest absolute Gasteiger partial charge is 0.399 e. The fourth-order valence-corrected chi connectivity index (χ4v) is 2.54. The van der Waals surface area contributed by atoms with Crippen LogP contribution in [0.3, 0.4) is 0 Å². The fraction of sp³-hybridized carbons (Fsp3) is 0.357. The average Bonchev–Trinajstić information content (AvgIpc) is 2.82. The van der Waals surface area contributed by atoms with Gasteiger partial charge in [0.1, 0.15) is 5.01 Å². The van der Waals surface area contributed by atoms with Gasteiger partial charge in [0.25, 0.3) is 0 Å². The maximum atomic E-state index is 5.89. The van der Waals surface area contributed by atoms with Crippen LogP contribution in [0.4, 0.5) is 5.69 Å². The third kappa shape index (κ3) is 3.31. The fourth-order valence-electron chi connectivity index (χ4n) is 1.71. The van der Waals surface area contributed by atoms with Crippen LogP contribution < -0.4 is 11.1 Å². The lowest BCUT2D eigenvalue weighted by molar-refractivity contribution is 0.690. The molecule has 0 saturated heterocycles. The van der Waals surface area contributed by atoms with E-state index in [1.54, 1.807) is 11.3 Å². The Balaban J connectivity index is 1.86. The number of thiazole rings is 1. The van der Waals surface area contributed by atoms with E-state index in [1.807, 2.05) is 19.2 Å². The standard InChI is InChI=1S/C14H19N3S/c1-3-12-8-17-14(18-12)9-16-7-11-5-4-10(2)13(15)6-11/h4-6,8,16H,3,7,9,15H2,1-2H3. The molecule has 0 amide bonds. The van der Waals surface area contributed by atoms with Crippen LogP contribution in [0, 0.1) is 6.92 Å². The number of rotatable bonds is 5. The highest BCUT2D eigenvalue weighted by molar-refractivity contribution is 7.11. The second-order valence-electron chi connectivity index (χ2n) is 4.37. The van der Waals surface area contributed by atoms with Gasteiger partial charge < -0.3 is 11.1 Å². The van der Waals surface area contributed by atoms with Crippen molar-refractivity contribution in [2.45, 2.75) is 33.4 Å². The molecular formula is C14H19N3S. The molecule has 0 fully saturated rings. The molecule has 0 spiro atoms. The van der Waals surface area contributed by atoms with Crippen molar-refractivity contribution in [2.75, 3.05) is 5.73 Å². The molecule has 0 bridgehead atoms. The van der Waals surface area contributed by atoms with Crippen LogP contribution in [0.5, 0.6) is 0 Å². The van der Waals surface area contributed by atoms with E-state index in [4.69, 9.17) is 5.73 Å². The van der Waals surface area contributed by atoms with E-state index in [0.717, 1.165) is 35.8 Å². The van der Waals surface area contributed by atoms with Gasteiger partial charge in [-0.2, -0.15) is 0 Å². The van der Waals surface area contributed by atoms with Gasteiger partial charge in [0.15, 0.2) is 0 Å². The Kier molecular flexibility index (Phi) is 4.33. The van der Waals surface area contributed by atoms with E-state index in [1.165, 1.54) is 10.4 Å². The van der Waals surface area contributed by atoms with Gasteiger partial charge in [0.05, 0.1) is 0 Å². The lowest BCUT2D eigenvalue weighted by Crippen LogP contribution is -2.12. The van der Waals surface area contributed by atoms with Gasteiger partial charge in [0.2, 0.25) is 0 Å². The molecule has 2 rings (SSSR count). The van der Waals surface area contributed by atoms with Crippen molar-refractivity contribution in [3.63, 3.8) is 0 Å². The number of nitrogen functional groups attached to an aromatic ring is 1. The Bertz CT molecular complexity index is 520. The molecule has 0 aliphatic heterocycles. The molecule has 1 aromatic heterocycles. The van der Waals surface area contributed by atoms with Gasteiger partial charge >= 0.3 is 0 Å². The van der Waals surface area contributed by atoms with Crippen molar-refractivity contribution in [1.29, 1.82) is 0 Å². The second-order valence-corrected chi connectivity index (χ2v) is 5.57. The number of aryl methyl sites for hydroxylation is 2. The van der Waals surface area contributed by atoms with Crippen molar-refractivity contribution in [3.8, 4) is 0 Å².